The molecule has 0 heterocycles. The van der Waals surface area contributed by atoms with Crippen LogP contribution in [0.5, 0.6) is 0 Å². The van der Waals surface area contributed by atoms with Crippen LogP contribution in [-0.2, 0) is 4.79 Å². The van der Waals surface area contributed by atoms with Gasteiger partial charge in [-0.05, 0) is 27.1 Å². The lowest BCUT2D eigenvalue weighted by molar-refractivity contribution is -0.927. The molecule has 0 aliphatic carbocycles. The molecule has 0 radical (unpaired) electrons. The predicted octanol–water partition coefficient (Wildman–Crippen LogP) is 0.591. The van der Waals surface area contributed by atoms with Gasteiger partial charge in [0, 0.05) is 13.0 Å². The Kier molecular flexibility index (Phi) is 6.52. The number of aliphatic carboxylic acids is 1. The Balaban J connectivity index is 4.78. The molecule has 1 unspecified atom stereocenters. The molecule has 0 aliphatic heterocycles. The first-order valence-corrected chi connectivity index (χ1v) is 6.24. The van der Waals surface area contributed by atoms with Gasteiger partial charge in [-0.1, -0.05) is 6.08 Å². The first-order chi connectivity index (χ1) is 8.20. The summed E-state index contributed by atoms with van der Waals surface area (Å²) < 4.78 is 0.372. The normalized spacial score (nSPS) is 15.4. The van der Waals surface area contributed by atoms with E-state index < -0.39 is 11.6 Å². The fraction of sp³-hybridized carbons (Fsp3) is 0.769. The van der Waals surface area contributed by atoms with Gasteiger partial charge in [-0.3, -0.25) is 0 Å². The van der Waals surface area contributed by atoms with Gasteiger partial charge in [0.05, 0.1) is 21.1 Å². The van der Waals surface area contributed by atoms with Crippen LogP contribution in [0.1, 0.15) is 12.8 Å². The minimum absolute atomic E-state index is 0.372. The van der Waals surface area contributed by atoms with Crippen molar-refractivity contribution in [1.29, 1.82) is 0 Å². The Bertz CT molecular complexity index is 284. The monoisotopic (exact) mass is 258 g/mol. The van der Waals surface area contributed by atoms with Crippen LogP contribution in [-0.4, -0.2) is 74.4 Å². The lowest BCUT2D eigenvalue weighted by atomic mass is 9.98. The van der Waals surface area contributed by atoms with Gasteiger partial charge >= 0.3 is 5.97 Å². The van der Waals surface area contributed by atoms with E-state index in [0.29, 0.717) is 10.9 Å². The van der Waals surface area contributed by atoms with Crippen LogP contribution in [0.3, 0.4) is 0 Å². The summed E-state index contributed by atoms with van der Waals surface area (Å²) in [7, 11) is 9.42. The molecule has 0 bridgehead atoms. The first kappa shape index (κ1) is 17.1. The number of rotatable bonds is 9. The summed E-state index contributed by atoms with van der Waals surface area (Å²) in [5.74, 6) is -0.774. The van der Waals surface area contributed by atoms with Gasteiger partial charge in [0.25, 0.3) is 5.66 Å². The van der Waals surface area contributed by atoms with Crippen molar-refractivity contribution in [2.75, 3.05) is 48.3 Å². The van der Waals surface area contributed by atoms with Crippen LogP contribution in [0.25, 0.3) is 0 Å². The highest BCUT2D eigenvalue weighted by atomic mass is 16.4. The number of hydrogen-bond acceptors (Lipinski definition) is 3. The maximum Gasteiger partial charge on any atom is 0.382 e. The number of carboxylic acids is 1. The molecule has 1 atom stereocenters. The smallest absolute Gasteiger partial charge is 0.382 e. The van der Waals surface area contributed by atoms with E-state index >= 15 is 0 Å². The number of likely N-dealkylation sites (N-methyl/N-ethyl adjacent to an activating group) is 2. The molecule has 0 aromatic heterocycles. The lowest BCUT2D eigenvalue weighted by Gasteiger charge is -2.46. The van der Waals surface area contributed by atoms with Crippen molar-refractivity contribution >= 4 is 5.97 Å². The minimum Gasteiger partial charge on any atom is -0.476 e. The van der Waals surface area contributed by atoms with E-state index in [1.54, 1.807) is 6.08 Å². The standard InChI is InChI=1S/C13H27N3O2/c1-7-10-14-11-8-9-13(12(17)18,15(2)3)16(4,5)6/h7,14H,1,8-11H2,2-6H3/p+1. The van der Waals surface area contributed by atoms with Gasteiger partial charge in [-0.2, -0.15) is 0 Å². The highest BCUT2D eigenvalue weighted by Gasteiger charge is 2.52. The fourth-order valence-electron chi connectivity index (χ4n) is 2.41. The molecule has 0 saturated heterocycles. The minimum atomic E-state index is -0.893. The molecule has 106 valence electrons. The van der Waals surface area contributed by atoms with E-state index in [2.05, 4.69) is 11.9 Å². The SMILES string of the molecule is C=CCNCCCC(C(=O)O)(N(C)C)[N+](C)(C)C. The van der Waals surface area contributed by atoms with Crippen molar-refractivity contribution in [2.24, 2.45) is 0 Å². The maximum absolute atomic E-state index is 11.7. The third kappa shape index (κ3) is 3.80. The van der Waals surface area contributed by atoms with Gasteiger partial charge < -0.3 is 14.9 Å². The van der Waals surface area contributed by atoms with Crippen LogP contribution >= 0.6 is 0 Å². The van der Waals surface area contributed by atoms with Crippen molar-refractivity contribution in [1.82, 2.24) is 10.2 Å². The number of quaternary nitrogens is 1. The van der Waals surface area contributed by atoms with Crippen molar-refractivity contribution in [3.8, 4) is 0 Å². The zero-order chi connectivity index (χ0) is 14.4. The van der Waals surface area contributed by atoms with Crippen molar-refractivity contribution < 1.29 is 14.4 Å². The number of nitrogens with one attached hydrogen (secondary N) is 1. The summed E-state index contributed by atoms with van der Waals surface area (Å²) in [6.07, 6.45) is 3.22. The summed E-state index contributed by atoms with van der Waals surface area (Å²) >= 11 is 0. The molecule has 0 aromatic carbocycles. The number of nitrogens with zero attached hydrogens (tertiary/aromatic N) is 2. The number of carbonyl (C=O) groups is 1. The molecule has 18 heavy (non-hydrogen) atoms. The van der Waals surface area contributed by atoms with Crippen molar-refractivity contribution in [2.45, 2.75) is 18.5 Å². The molecule has 0 aliphatic rings. The Morgan fingerprint density at radius 2 is 2.00 bits per heavy atom. The topological polar surface area (TPSA) is 52.6 Å². The highest BCUT2D eigenvalue weighted by Crippen LogP contribution is 2.27. The summed E-state index contributed by atoms with van der Waals surface area (Å²) in [5.41, 5.74) is -0.893. The molecule has 5 nitrogen and oxygen atoms in total. The zero-order valence-corrected chi connectivity index (χ0v) is 12.4. The molecular weight excluding hydrogens is 230 g/mol. The zero-order valence-electron chi connectivity index (χ0n) is 12.4. The van der Waals surface area contributed by atoms with Crippen LogP contribution in [0.15, 0.2) is 12.7 Å². The van der Waals surface area contributed by atoms with Crippen LogP contribution in [0.2, 0.25) is 0 Å². The highest BCUT2D eigenvalue weighted by molar-refractivity contribution is 5.76. The second kappa shape index (κ2) is 6.87. The summed E-state index contributed by atoms with van der Waals surface area (Å²) in [6.45, 7) is 5.19. The molecular formula is C13H28N3O2+. The van der Waals surface area contributed by atoms with Crippen LogP contribution < -0.4 is 5.32 Å². The Labute approximate surface area is 111 Å². The van der Waals surface area contributed by atoms with E-state index in [4.69, 9.17) is 0 Å². The quantitative estimate of drug-likeness (QED) is 0.275. The average molecular weight is 258 g/mol. The molecule has 0 spiro atoms. The van der Waals surface area contributed by atoms with E-state index in [0.717, 1.165) is 19.5 Å². The predicted molar refractivity (Wildman–Crippen MR) is 74.4 cm³/mol. The molecule has 0 aromatic rings. The largest absolute Gasteiger partial charge is 0.476 e. The Hall–Kier alpha value is -0.910. The average Bonchev–Trinajstić information content (AvgIpc) is 2.20. The molecule has 2 N–H and O–H groups in total. The first-order valence-electron chi connectivity index (χ1n) is 6.24. The van der Waals surface area contributed by atoms with Gasteiger partial charge in [0.2, 0.25) is 0 Å². The second-order valence-electron chi connectivity index (χ2n) is 5.63. The summed E-state index contributed by atoms with van der Waals surface area (Å²) in [5, 5.41) is 12.8. The van der Waals surface area contributed by atoms with Crippen LogP contribution in [0, 0.1) is 0 Å². The molecule has 0 fully saturated rings. The molecule has 0 saturated carbocycles. The summed E-state index contributed by atoms with van der Waals surface area (Å²) in [4.78, 5) is 13.5. The van der Waals surface area contributed by atoms with Crippen molar-refractivity contribution in [3.05, 3.63) is 12.7 Å². The van der Waals surface area contributed by atoms with Gasteiger partial charge in [0.1, 0.15) is 0 Å². The molecule has 0 amide bonds. The van der Waals surface area contributed by atoms with Crippen LogP contribution in [0.4, 0.5) is 0 Å². The third-order valence-electron chi connectivity index (χ3n) is 3.36. The van der Waals surface area contributed by atoms with E-state index in [-0.39, 0.29) is 0 Å². The maximum atomic E-state index is 11.7. The fourth-order valence-corrected chi connectivity index (χ4v) is 2.41. The van der Waals surface area contributed by atoms with Gasteiger partial charge in [0.15, 0.2) is 0 Å². The Morgan fingerprint density at radius 1 is 1.44 bits per heavy atom. The molecule has 5 heteroatoms. The van der Waals surface area contributed by atoms with Crippen molar-refractivity contribution in [3.63, 3.8) is 0 Å². The summed E-state index contributed by atoms with van der Waals surface area (Å²) in [6, 6.07) is 0. The number of hydrogen-bond donors (Lipinski definition) is 2. The second-order valence-corrected chi connectivity index (χ2v) is 5.63. The van der Waals surface area contributed by atoms with E-state index in [1.807, 2.05) is 40.1 Å². The number of carboxylic acid groups (broad SMARTS) is 1. The van der Waals surface area contributed by atoms with Gasteiger partial charge in [-0.15, -0.1) is 6.58 Å². The van der Waals surface area contributed by atoms with E-state index in [1.165, 1.54) is 0 Å². The molecule has 0 rings (SSSR count). The van der Waals surface area contributed by atoms with E-state index in [9.17, 15) is 9.90 Å². The lowest BCUT2D eigenvalue weighted by Crippen LogP contribution is -2.69. The van der Waals surface area contributed by atoms with Gasteiger partial charge in [-0.25, -0.2) is 9.69 Å². The third-order valence-corrected chi connectivity index (χ3v) is 3.36. The Morgan fingerprint density at radius 3 is 2.33 bits per heavy atom.